The molecule has 6 heteroatoms. The monoisotopic (exact) mass is 280 g/mol. The number of carbonyl (C=O) groups is 1. The number of hydrogen-bond donors (Lipinski definition) is 1. The van der Waals surface area contributed by atoms with E-state index in [1.165, 1.54) is 0 Å². The molecule has 0 saturated carbocycles. The molecule has 0 aliphatic heterocycles. The Morgan fingerprint density at radius 1 is 1.53 bits per heavy atom. The van der Waals surface area contributed by atoms with E-state index in [4.69, 9.17) is 10.00 Å². The summed E-state index contributed by atoms with van der Waals surface area (Å²) in [6.45, 7) is 1.97. The molecule has 0 radical (unpaired) electrons. The molecular weight excluding hydrogens is 264 g/mol. The highest BCUT2D eigenvalue weighted by Gasteiger charge is 2.09. The Morgan fingerprint density at radius 2 is 2.21 bits per heavy atom. The molecule has 1 amide bonds. The van der Waals surface area contributed by atoms with E-state index in [0.29, 0.717) is 17.9 Å². The van der Waals surface area contributed by atoms with E-state index in [1.807, 2.05) is 6.07 Å². The number of carbonyl (C=O) groups excluding carboxylic acids is 1. The molecule has 0 bridgehead atoms. The first-order valence-electron chi connectivity index (χ1n) is 5.75. The van der Waals surface area contributed by atoms with Gasteiger partial charge in [0.05, 0.1) is 5.56 Å². The summed E-state index contributed by atoms with van der Waals surface area (Å²) in [5.74, 6) is 0.0808. The molecule has 0 saturated heterocycles. The number of rotatable bonds is 6. The van der Waals surface area contributed by atoms with Crippen molar-refractivity contribution in [3.63, 3.8) is 0 Å². The third-order valence-corrected chi connectivity index (χ3v) is 3.82. The highest BCUT2D eigenvalue weighted by Crippen LogP contribution is 2.15. The Hall–Kier alpha value is -1.87. The van der Waals surface area contributed by atoms with Crippen molar-refractivity contribution in [2.45, 2.75) is 12.2 Å². The van der Waals surface area contributed by atoms with E-state index < -0.39 is 10.8 Å². The maximum atomic E-state index is 11.5. The average Bonchev–Trinajstić information content (AvgIpc) is 2.42. The van der Waals surface area contributed by atoms with Gasteiger partial charge in [-0.15, -0.1) is 0 Å². The SMILES string of the molecule is CC(CNC(=O)COc1ccccc1C#N)S(C)=O. The van der Waals surface area contributed by atoms with Crippen LogP contribution in [-0.4, -0.2) is 34.8 Å². The zero-order valence-corrected chi connectivity index (χ0v) is 11.7. The Labute approximate surface area is 115 Å². The van der Waals surface area contributed by atoms with Crippen LogP contribution in [-0.2, 0) is 15.6 Å². The van der Waals surface area contributed by atoms with Crippen molar-refractivity contribution >= 4 is 16.7 Å². The Kier molecular flexibility index (Phi) is 6.03. The van der Waals surface area contributed by atoms with Crippen LogP contribution in [0.1, 0.15) is 12.5 Å². The maximum absolute atomic E-state index is 11.5. The fourth-order valence-electron chi connectivity index (χ4n) is 1.25. The molecule has 0 spiro atoms. The minimum atomic E-state index is -0.970. The van der Waals surface area contributed by atoms with E-state index >= 15 is 0 Å². The second-order valence-electron chi connectivity index (χ2n) is 4.01. The lowest BCUT2D eigenvalue weighted by molar-refractivity contribution is -0.123. The molecule has 19 heavy (non-hydrogen) atoms. The minimum absolute atomic E-state index is 0.102. The van der Waals surface area contributed by atoms with Crippen LogP contribution in [0, 0.1) is 11.3 Å². The van der Waals surface area contributed by atoms with Gasteiger partial charge < -0.3 is 10.1 Å². The van der Waals surface area contributed by atoms with E-state index in [0.717, 1.165) is 0 Å². The maximum Gasteiger partial charge on any atom is 0.257 e. The third-order valence-electron chi connectivity index (χ3n) is 2.52. The third kappa shape index (κ3) is 5.10. The van der Waals surface area contributed by atoms with Gasteiger partial charge in [-0.25, -0.2) is 0 Å². The summed E-state index contributed by atoms with van der Waals surface area (Å²) in [4.78, 5) is 11.5. The summed E-state index contributed by atoms with van der Waals surface area (Å²) in [6.07, 6.45) is 1.59. The largest absolute Gasteiger partial charge is 0.482 e. The van der Waals surface area contributed by atoms with Crippen molar-refractivity contribution in [2.24, 2.45) is 0 Å². The van der Waals surface area contributed by atoms with Crippen LogP contribution < -0.4 is 10.1 Å². The van der Waals surface area contributed by atoms with Crippen LogP contribution in [0.15, 0.2) is 24.3 Å². The van der Waals surface area contributed by atoms with Crippen molar-refractivity contribution in [3.05, 3.63) is 29.8 Å². The number of nitriles is 1. The van der Waals surface area contributed by atoms with Gasteiger partial charge in [-0.2, -0.15) is 5.26 Å². The van der Waals surface area contributed by atoms with Gasteiger partial charge in [0.2, 0.25) is 0 Å². The number of hydrogen-bond acceptors (Lipinski definition) is 4. The summed E-state index contributed by atoms with van der Waals surface area (Å²) in [5.41, 5.74) is 0.387. The molecule has 1 N–H and O–H groups in total. The average molecular weight is 280 g/mol. The highest BCUT2D eigenvalue weighted by atomic mass is 32.2. The zero-order valence-electron chi connectivity index (χ0n) is 10.9. The fourth-order valence-corrected chi connectivity index (χ4v) is 1.57. The molecule has 1 aromatic carbocycles. The van der Waals surface area contributed by atoms with Crippen LogP contribution in [0.2, 0.25) is 0 Å². The van der Waals surface area contributed by atoms with Gasteiger partial charge in [-0.05, 0) is 19.1 Å². The topological polar surface area (TPSA) is 79.2 Å². The van der Waals surface area contributed by atoms with Gasteiger partial charge in [0.1, 0.15) is 11.8 Å². The van der Waals surface area contributed by atoms with Crippen molar-refractivity contribution < 1.29 is 13.7 Å². The van der Waals surface area contributed by atoms with Gasteiger partial charge in [0.15, 0.2) is 6.61 Å². The number of amides is 1. The van der Waals surface area contributed by atoms with Gasteiger partial charge in [0, 0.05) is 28.9 Å². The summed E-state index contributed by atoms with van der Waals surface area (Å²) in [6, 6.07) is 8.70. The molecular formula is C13H16N2O3S. The number of ether oxygens (including phenoxy) is 1. The van der Waals surface area contributed by atoms with E-state index in [2.05, 4.69) is 5.32 Å². The molecule has 1 rings (SSSR count). The lowest BCUT2D eigenvalue weighted by Crippen LogP contribution is -2.35. The quantitative estimate of drug-likeness (QED) is 0.836. The first-order valence-corrected chi connectivity index (χ1v) is 7.37. The second kappa shape index (κ2) is 7.54. The first kappa shape index (κ1) is 15.2. The Balaban J connectivity index is 2.42. The first-order chi connectivity index (χ1) is 9.04. The van der Waals surface area contributed by atoms with Crippen LogP contribution in [0.25, 0.3) is 0 Å². The summed E-state index contributed by atoms with van der Waals surface area (Å²) in [5, 5.41) is 11.4. The number of nitrogens with zero attached hydrogens (tertiary/aromatic N) is 1. The number of para-hydroxylation sites is 1. The highest BCUT2D eigenvalue weighted by molar-refractivity contribution is 7.84. The van der Waals surface area contributed by atoms with Crippen LogP contribution in [0.5, 0.6) is 5.75 Å². The van der Waals surface area contributed by atoms with Crippen LogP contribution in [0.4, 0.5) is 0 Å². The van der Waals surface area contributed by atoms with E-state index in [-0.39, 0.29) is 17.8 Å². The Morgan fingerprint density at radius 3 is 2.84 bits per heavy atom. The summed E-state index contributed by atoms with van der Waals surface area (Å²) in [7, 11) is -0.970. The number of nitrogens with one attached hydrogen (secondary N) is 1. The lowest BCUT2D eigenvalue weighted by Gasteiger charge is -2.11. The molecule has 0 aliphatic rings. The molecule has 2 unspecified atom stereocenters. The van der Waals surface area contributed by atoms with Crippen molar-refractivity contribution in [3.8, 4) is 11.8 Å². The smallest absolute Gasteiger partial charge is 0.257 e. The van der Waals surface area contributed by atoms with Gasteiger partial charge in [-0.3, -0.25) is 9.00 Å². The van der Waals surface area contributed by atoms with Crippen molar-refractivity contribution in [2.75, 3.05) is 19.4 Å². The summed E-state index contributed by atoms with van der Waals surface area (Å²) >= 11 is 0. The molecule has 2 atom stereocenters. The van der Waals surface area contributed by atoms with Crippen molar-refractivity contribution in [1.82, 2.24) is 5.32 Å². The number of benzene rings is 1. The van der Waals surface area contributed by atoms with Gasteiger partial charge >= 0.3 is 0 Å². The van der Waals surface area contributed by atoms with Crippen LogP contribution >= 0.6 is 0 Å². The van der Waals surface area contributed by atoms with Crippen molar-refractivity contribution in [1.29, 1.82) is 5.26 Å². The predicted molar refractivity (Wildman–Crippen MR) is 73.2 cm³/mol. The predicted octanol–water partition coefficient (Wildman–Crippen LogP) is 0.820. The second-order valence-corrected chi connectivity index (χ2v) is 5.81. The normalized spacial score (nSPS) is 13.1. The molecule has 0 aromatic heterocycles. The standard InChI is InChI=1S/C13H16N2O3S/c1-10(19(2)17)8-15-13(16)9-18-12-6-4-3-5-11(12)7-14/h3-6,10H,8-9H2,1-2H3,(H,15,16). The molecule has 1 aromatic rings. The van der Waals surface area contributed by atoms with Gasteiger partial charge in [0.25, 0.3) is 5.91 Å². The molecule has 0 aliphatic carbocycles. The minimum Gasteiger partial charge on any atom is -0.482 e. The summed E-state index contributed by atoms with van der Waals surface area (Å²) < 4.78 is 16.4. The Bertz CT molecular complexity index is 511. The molecule has 102 valence electrons. The van der Waals surface area contributed by atoms with E-state index in [1.54, 1.807) is 37.4 Å². The molecule has 0 heterocycles. The van der Waals surface area contributed by atoms with Gasteiger partial charge in [-0.1, -0.05) is 12.1 Å². The van der Waals surface area contributed by atoms with E-state index in [9.17, 15) is 9.00 Å². The zero-order chi connectivity index (χ0) is 14.3. The lowest BCUT2D eigenvalue weighted by atomic mass is 10.2. The molecule has 0 fully saturated rings. The molecule has 5 nitrogen and oxygen atoms in total. The van der Waals surface area contributed by atoms with Crippen LogP contribution in [0.3, 0.4) is 0 Å². The fraction of sp³-hybridized carbons (Fsp3) is 0.385.